The quantitative estimate of drug-likeness (QED) is 0.770. The highest BCUT2D eigenvalue weighted by atomic mass is 16.1. The van der Waals surface area contributed by atoms with Crippen LogP contribution in [0.4, 0.5) is 5.69 Å². The van der Waals surface area contributed by atoms with Gasteiger partial charge >= 0.3 is 0 Å². The van der Waals surface area contributed by atoms with E-state index in [4.69, 9.17) is 0 Å². The minimum absolute atomic E-state index is 0.0543. The van der Waals surface area contributed by atoms with Gasteiger partial charge in [-0.3, -0.25) is 9.78 Å². The molecule has 0 aromatic carbocycles. The maximum atomic E-state index is 11.2. The van der Waals surface area contributed by atoms with E-state index < -0.39 is 0 Å². The first-order valence-corrected chi connectivity index (χ1v) is 4.44. The minimum Gasteiger partial charge on any atom is -0.325 e. The average Bonchev–Trinajstić information content (AvgIpc) is 2.09. The highest BCUT2D eigenvalue weighted by Gasteiger charge is 2.02. The molecule has 0 atom stereocenters. The Kier molecular flexibility index (Phi) is 3.43. The van der Waals surface area contributed by atoms with Gasteiger partial charge in [-0.05, 0) is 25.0 Å². The summed E-state index contributed by atoms with van der Waals surface area (Å²) >= 11 is 0. The van der Waals surface area contributed by atoms with Gasteiger partial charge in [-0.1, -0.05) is 6.92 Å². The lowest BCUT2D eigenvalue weighted by atomic mass is 10.2. The van der Waals surface area contributed by atoms with Crippen molar-refractivity contribution >= 4 is 11.6 Å². The van der Waals surface area contributed by atoms with E-state index in [0.717, 1.165) is 17.7 Å². The van der Waals surface area contributed by atoms with E-state index in [1.165, 1.54) is 0 Å². The van der Waals surface area contributed by atoms with Crippen LogP contribution in [0.5, 0.6) is 0 Å². The Morgan fingerprint density at radius 2 is 2.38 bits per heavy atom. The molecule has 13 heavy (non-hydrogen) atoms. The van der Waals surface area contributed by atoms with Gasteiger partial charge in [0, 0.05) is 12.6 Å². The maximum Gasteiger partial charge on any atom is 0.224 e. The number of pyridine rings is 1. The summed E-state index contributed by atoms with van der Waals surface area (Å²) in [6, 6.07) is 1.88. The first-order valence-electron chi connectivity index (χ1n) is 4.44. The molecule has 1 amide bonds. The first-order chi connectivity index (χ1) is 6.24. The molecule has 1 rings (SSSR count). The van der Waals surface area contributed by atoms with Crippen LogP contribution in [0, 0.1) is 6.92 Å². The molecule has 0 saturated heterocycles. The third-order valence-corrected chi connectivity index (χ3v) is 1.79. The van der Waals surface area contributed by atoms with Gasteiger partial charge in [0.2, 0.25) is 5.91 Å². The van der Waals surface area contributed by atoms with Gasteiger partial charge in [0.25, 0.3) is 0 Å². The summed E-state index contributed by atoms with van der Waals surface area (Å²) in [7, 11) is 0. The second-order valence-corrected chi connectivity index (χ2v) is 2.99. The molecule has 3 nitrogen and oxygen atoms in total. The van der Waals surface area contributed by atoms with Crippen LogP contribution in [-0.4, -0.2) is 10.9 Å². The zero-order valence-corrected chi connectivity index (χ0v) is 8.00. The van der Waals surface area contributed by atoms with Crippen molar-refractivity contribution in [2.75, 3.05) is 5.32 Å². The molecule has 1 aromatic rings. The Hall–Kier alpha value is -1.38. The van der Waals surface area contributed by atoms with Crippen LogP contribution < -0.4 is 5.32 Å². The van der Waals surface area contributed by atoms with Crippen molar-refractivity contribution in [1.29, 1.82) is 0 Å². The molecule has 0 spiro atoms. The number of nitrogens with one attached hydrogen (secondary N) is 1. The monoisotopic (exact) mass is 178 g/mol. The van der Waals surface area contributed by atoms with Crippen molar-refractivity contribution in [3.8, 4) is 0 Å². The van der Waals surface area contributed by atoms with Crippen LogP contribution in [0.1, 0.15) is 25.3 Å². The minimum atomic E-state index is 0.0543. The summed E-state index contributed by atoms with van der Waals surface area (Å²) in [6.45, 7) is 3.93. The van der Waals surface area contributed by atoms with Crippen molar-refractivity contribution < 1.29 is 4.79 Å². The van der Waals surface area contributed by atoms with E-state index in [1.807, 2.05) is 19.9 Å². The third kappa shape index (κ3) is 2.86. The van der Waals surface area contributed by atoms with Crippen molar-refractivity contribution in [3.05, 3.63) is 24.0 Å². The molecule has 0 unspecified atom stereocenters. The fourth-order valence-electron chi connectivity index (χ4n) is 1.03. The lowest BCUT2D eigenvalue weighted by molar-refractivity contribution is -0.116. The van der Waals surface area contributed by atoms with Crippen LogP contribution in [-0.2, 0) is 4.79 Å². The number of aryl methyl sites for hydroxylation is 1. The van der Waals surface area contributed by atoms with Gasteiger partial charge in [-0.25, -0.2) is 0 Å². The van der Waals surface area contributed by atoms with Gasteiger partial charge in [0.15, 0.2) is 0 Å². The summed E-state index contributed by atoms with van der Waals surface area (Å²) in [5.41, 5.74) is 1.85. The number of hydrogen-bond acceptors (Lipinski definition) is 2. The number of nitrogens with zero attached hydrogens (tertiary/aromatic N) is 1. The zero-order valence-electron chi connectivity index (χ0n) is 8.00. The molecular weight excluding hydrogens is 164 g/mol. The molecule has 0 aliphatic carbocycles. The van der Waals surface area contributed by atoms with Crippen molar-refractivity contribution in [2.45, 2.75) is 26.7 Å². The van der Waals surface area contributed by atoms with Crippen LogP contribution in [0.3, 0.4) is 0 Å². The molecule has 0 radical (unpaired) electrons. The summed E-state index contributed by atoms with van der Waals surface area (Å²) in [6.07, 6.45) is 4.81. The maximum absolute atomic E-state index is 11.2. The number of hydrogen-bond donors (Lipinski definition) is 1. The molecule has 0 bridgehead atoms. The number of rotatable bonds is 3. The number of carbonyl (C=O) groups is 1. The summed E-state index contributed by atoms with van der Waals surface area (Å²) < 4.78 is 0. The first kappa shape index (κ1) is 9.71. The molecule has 0 saturated carbocycles. The fourth-order valence-corrected chi connectivity index (χ4v) is 1.03. The highest BCUT2D eigenvalue weighted by Crippen LogP contribution is 2.11. The molecule has 70 valence electrons. The topological polar surface area (TPSA) is 42.0 Å². The van der Waals surface area contributed by atoms with Crippen molar-refractivity contribution in [2.24, 2.45) is 0 Å². The fraction of sp³-hybridized carbons (Fsp3) is 0.400. The SMILES string of the molecule is CCCC(=O)Nc1cnccc1C. The van der Waals surface area contributed by atoms with E-state index in [2.05, 4.69) is 10.3 Å². The van der Waals surface area contributed by atoms with E-state index >= 15 is 0 Å². The number of amides is 1. The standard InChI is InChI=1S/C10H14N2O/c1-3-4-10(13)12-9-7-11-6-5-8(9)2/h5-7H,3-4H2,1-2H3,(H,12,13). The summed E-state index contributed by atoms with van der Waals surface area (Å²) in [5, 5.41) is 2.81. The van der Waals surface area contributed by atoms with E-state index in [0.29, 0.717) is 6.42 Å². The van der Waals surface area contributed by atoms with Crippen LogP contribution in [0.2, 0.25) is 0 Å². The van der Waals surface area contributed by atoms with Gasteiger partial charge in [-0.15, -0.1) is 0 Å². The third-order valence-electron chi connectivity index (χ3n) is 1.79. The van der Waals surface area contributed by atoms with E-state index in [-0.39, 0.29) is 5.91 Å². The Labute approximate surface area is 78.2 Å². The molecular formula is C10H14N2O. The second kappa shape index (κ2) is 4.60. The molecule has 3 heteroatoms. The van der Waals surface area contributed by atoms with Crippen LogP contribution >= 0.6 is 0 Å². The normalized spacial score (nSPS) is 9.69. The number of aromatic nitrogens is 1. The molecule has 1 N–H and O–H groups in total. The van der Waals surface area contributed by atoms with Crippen molar-refractivity contribution in [1.82, 2.24) is 4.98 Å². The average molecular weight is 178 g/mol. The zero-order chi connectivity index (χ0) is 9.68. The van der Waals surface area contributed by atoms with Crippen molar-refractivity contribution in [3.63, 3.8) is 0 Å². The lowest BCUT2D eigenvalue weighted by Gasteiger charge is -2.05. The Morgan fingerprint density at radius 3 is 3.00 bits per heavy atom. The Balaban J connectivity index is 2.63. The predicted molar refractivity (Wildman–Crippen MR) is 52.5 cm³/mol. The van der Waals surface area contributed by atoms with Crippen LogP contribution in [0.25, 0.3) is 0 Å². The Morgan fingerprint density at radius 1 is 1.62 bits per heavy atom. The molecule has 0 aliphatic rings. The second-order valence-electron chi connectivity index (χ2n) is 2.99. The molecule has 1 aromatic heterocycles. The van der Waals surface area contributed by atoms with Gasteiger partial charge in [0.05, 0.1) is 11.9 Å². The molecule has 0 fully saturated rings. The number of anilines is 1. The van der Waals surface area contributed by atoms with Crippen LogP contribution in [0.15, 0.2) is 18.5 Å². The Bertz CT molecular complexity index is 297. The van der Waals surface area contributed by atoms with Gasteiger partial charge < -0.3 is 5.32 Å². The van der Waals surface area contributed by atoms with E-state index in [9.17, 15) is 4.79 Å². The summed E-state index contributed by atoms with van der Waals surface area (Å²) in [5.74, 6) is 0.0543. The predicted octanol–water partition coefficient (Wildman–Crippen LogP) is 2.13. The van der Waals surface area contributed by atoms with Gasteiger partial charge in [0.1, 0.15) is 0 Å². The molecule has 1 heterocycles. The van der Waals surface area contributed by atoms with E-state index in [1.54, 1.807) is 12.4 Å². The number of carbonyl (C=O) groups excluding carboxylic acids is 1. The summed E-state index contributed by atoms with van der Waals surface area (Å²) in [4.78, 5) is 15.2. The largest absolute Gasteiger partial charge is 0.325 e. The lowest BCUT2D eigenvalue weighted by Crippen LogP contribution is -2.11. The smallest absolute Gasteiger partial charge is 0.224 e. The highest BCUT2D eigenvalue weighted by molar-refractivity contribution is 5.91. The molecule has 0 aliphatic heterocycles. The van der Waals surface area contributed by atoms with Gasteiger partial charge in [-0.2, -0.15) is 0 Å².